The third-order valence-corrected chi connectivity index (χ3v) is 9.91. The third kappa shape index (κ3) is 8.97. The zero-order chi connectivity index (χ0) is 31.1. The van der Waals surface area contributed by atoms with E-state index in [1.54, 1.807) is 0 Å². The van der Waals surface area contributed by atoms with E-state index in [0.717, 1.165) is 73.6 Å². The average Bonchev–Trinajstić information content (AvgIpc) is 2.93. The quantitative estimate of drug-likeness (QED) is 0.163. The molecule has 0 heterocycles. The molecule has 2 aromatic rings. The first-order valence-electron chi connectivity index (χ1n) is 16.1. The maximum absolute atomic E-state index is 10.7. The molecule has 0 amide bonds. The Morgan fingerprint density at radius 3 is 1.15 bits per heavy atom. The molecule has 6 unspecified atom stereocenters. The van der Waals surface area contributed by atoms with Crippen molar-refractivity contribution in [2.24, 2.45) is 23.7 Å². The molecule has 232 valence electrons. The van der Waals surface area contributed by atoms with Crippen LogP contribution < -0.4 is 0 Å². The molecule has 0 aliphatic heterocycles. The maximum Gasteiger partial charge on any atom is 0.121 e. The van der Waals surface area contributed by atoms with Crippen LogP contribution in [0, 0.1) is 51.4 Å². The van der Waals surface area contributed by atoms with Gasteiger partial charge in [0.1, 0.15) is 11.5 Å². The summed E-state index contributed by atoms with van der Waals surface area (Å²) in [6.07, 6.45) is 6.88. The van der Waals surface area contributed by atoms with Crippen LogP contribution in [-0.2, 0) is 5.41 Å². The summed E-state index contributed by atoms with van der Waals surface area (Å²) in [5.74, 6) is 2.11. The average molecular weight is 569 g/mol. The van der Waals surface area contributed by atoms with E-state index in [4.69, 9.17) is 0 Å². The van der Waals surface area contributed by atoms with E-state index in [2.05, 4.69) is 52.0 Å². The topological polar surface area (TPSA) is 80.9 Å². The highest BCUT2D eigenvalue weighted by Gasteiger charge is 2.36. The number of hydrogen-bond donors (Lipinski definition) is 4. The van der Waals surface area contributed by atoms with Gasteiger partial charge in [0.2, 0.25) is 0 Å². The Balaban J connectivity index is 2.62. The molecule has 0 bridgehead atoms. The molecule has 6 atom stereocenters. The first kappa shape index (κ1) is 35.2. The number of aryl methyl sites for hydroxylation is 4. The number of aliphatic hydroxyl groups excluding tert-OH is 2. The lowest BCUT2D eigenvalue weighted by atomic mass is 9.65. The number of aliphatic hydroxyl groups is 2. The Hall–Kier alpha value is -2.04. The fraction of sp³-hybridized carbons (Fsp3) is 0.676. The lowest BCUT2D eigenvalue weighted by Gasteiger charge is -2.39. The Morgan fingerprint density at radius 1 is 0.585 bits per heavy atom. The molecule has 41 heavy (non-hydrogen) atoms. The first-order valence-corrected chi connectivity index (χ1v) is 16.1. The second-order valence-corrected chi connectivity index (χ2v) is 13.7. The van der Waals surface area contributed by atoms with Gasteiger partial charge in [0.05, 0.1) is 12.2 Å². The van der Waals surface area contributed by atoms with Crippen LogP contribution in [0.15, 0.2) is 24.3 Å². The molecule has 0 aliphatic carbocycles. The van der Waals surface area contributed by atoms with Crippen molar-refractivity contribution in [1.82, 2.24) is 0 Å². The second-order valence-electron chi connectivity index (χ2n) is 13.7. The van der Waals surface area contributed by atoms with Crippen molar-refractivity contribution in [2.45, 2.75) is 138 Å². The molecule has 2 rings (SSSR count). The highest BCUT2D eigenvalue weighted by atomic mass is 16.3. The van der Waals surface area contributed by atoms with Gasteiger partial charge in [-0.05, 0) is 136 Å². The van der Waals surface area contributed by atoms with Gasteiger partial charge in [0, 0.05) is 5.41 Å². The Kier molecular flexibility index (Phi) is 13.2. The van der Waals surface area contributed by atoms with E-state index in [1.165, 1.54) is 11.1 Å². The van der Waals surface area contributed by atoms with E-state index >= 15 is 0 Å². The fourth-order valence-corrected chi connectivity index (χ4v) is 6.94. The third-order valence-electron chi connectivity index (χ3n) is 9.91. The number of aromatic hydroxyl groups is 2. The Morgan fingerprint density at radius 2 is 0.878 bits per heavy atom. The highest BCUT2D eigenvalue weighted by molar-refractivity contribution is 5.52. The standard InChI is InChI=1S/C37H60O4/c1-11-33(38)25(5)17-23(3)13-15-37(31-19-27(7)35(40)28(8)20-31,32-21-29(9)36(41)30(10)22-32)16-14-24(4)18-26(6)34(39)12-2/h19-26,33-34,38-41H,11-18H2,1-10H3. The predicted molar refractivity (Wildman–Crippen MR) is 173 cm³/mol. The lowest BCUT2D eigenvalue weighted by molar-refractivity contribution is 0.0964. The van der Waals surface area contributed by atoms with E-state index in [-0.39, 0.29) is 29.5 Å². The summed E-state index contributed by atoms with van der Waals surface area (Å²) in [7, 11) is 0. The zero-order valence-electron chi connectivity index (χ0n) is 27.7. The van der Waals surface area contributed by atoms with Crippen molar-refractivity contribution in [3.8, 4) is 11.5 Å². The van der Waals surface area contributed by atoms with Gasteiger partial charge in [-0.1, -0.05) is 65.8 Å². The number of phenolic OH excluding ortho intramolecular Hbond substituents is 2. The summed E-state index contributed by atoms with van der Waals surface area (Å²) in [5, 5.41) is 42.3. The summed E-state index contributed by atoms with van der Waals surface area (Å²) < 4.78 is 0. The van der Waals surface area contributed by atoms with Crippen molar-refractivity contribution in [2.75, 3.05) is 0 Å². The number of phenols is 2. The molecule has 4 N–H and O–H groups in total. The first-order chi connectivity index (χ1) is 19.2. The van der Waals surface area contributed by atoms with E-state index < -0.39 is 0 Å². The van der Waals surface area contributed by atoms with Gasteiger partial charge in [-0.15, -0.1) is 0 Å². The zero-order valence-corrected chi connectivity index (χ0v) is 27.7. The van der Waals surface area contributed by atoms with E-state index in [1.807, 2.05) is 41.5 Å². The molecule has 0 saturated carbocycles. The van der Waals surface area contributed by atoms with E-state index in [0.29, 0.717) is 23.3 Å². The maximum atomic E-state index is 10.7. The van der Waals surface area contributed by atoms with Crippen molar-refractivity contribution in [1.29, 1.82) is 0 Å². The SMILES string of the molecule is CCC(O)C(C)CC(C)CCC(CCC(C)CC(C)C(O)CC)(c1cc(C)c(O)c(C)c1)c1cc(C)c(O)c(C)c1. The van der Waals surface area contributed by atoms with E-state index in [9.17, 15) is 20.4 Å². The molecule has 0 saturated heterocycles. The van der Waals surface area contributed by atoms with Gasteiger partial charge in [-0.2, -0.15) is 0 Å². The van der Waals surface area contributed by atoms with Crippen LogP contribution in [0.4, 0.5) is 0 Å². The normalized spacial score (nSPS) is 16.7. The molecule has 4 nitrogen and oxygen atoms in total. The van der Waals surface area contributed by atoms with Crippen molar-refractivity contribution in [3.05, 3.63) is 57.6 Å². The van der Waals surface area contributed by atoms with Gasteiger partial charge in [0.25, 0.3) is 0 Å². The number of hydrogen-bond acceptors (Lipinski definition) is 4. The number of rotatable bonds is 16. The molecule has 0 aromatic heterocycles. The van der Waals surface area contributed by atoms with Crippen LogP contribution in [0.2, 0.25) is 0 Å². The van der Waals surface area contributed by atoms with Gasteiger partial charge in [-0.25, -0.2) is 0 Å². The van der Waals surface area contributed by atoms with Gasteiger partial charge < -0.3 is 20.4 Å². The van der Waals surface area contributed by atoms with Crippen LogP contribution in [0.5, 0.6) is 11.5 Å². The molecule has 0 spiro atoms. The molecule has 2 aromatic carbocycles. The van der Waals surface area contributed by atoms with Crippen LogP contribution in [0.3, 0.4) is 0 Å². The molecular weight excluding hydrogens is 508 g/mol. The monoisotopic (exact) mass is 568 g/mol. The summed E-state index contributed by atoms with van der Waals surface area (Å²) in [5.41, 5.74) is 5.69. The lowest BCUT2D eigenvalue weighted by Crippen LogP contribution is -2.31. The van der Waals surface area contributed by atoms with Gasteiger partial charge >= 0.3 is 0 Å². The van der Waals surface area contributed by atoms with Crippen LogP contribution >= 0.6 is 0 Å². The summed E-state index contributed by atoms with van der Waals surface area (Å²) in [6, 6.07) is 8.68. The predicted octanol–water partition coefficient (Wildman–Crippen LogP) is 9.04. The summed E-state index contributed by atoms with van der Waals surface area (Å²) in [4.78, 5) is 0. The van der Waals surface area contributed by atoms with Crippen LogP contribution in [-0.4, -0.2) is 32.6 Å². The molecule has 0 aliphatic rings. The minimum absolute atomic E-state index is 0.257. The molecule has 4 heteroatoms. The Labute approximate surface area is 251 Å². The fourth-order valence-electron chi connectivity index (χ4n) is 6.94. The minimum Gasteiger partial charge on any atom is -0.507 e. The second kappa shape index (κ2) is 15.4. The molecule has 0 radical (unpaired) electrons. The van der Waals surface area contributed by atoms with Crippen LogP contribution in [0.1, 0.15) is 126 Å². The van der Waals surface area contributed by atoms with Gasteiger partial charge in [-0.3, -0.25) is 0 Å². The number of benzene rings is 2. The highest BCUT2D eigenvalue weighted by Crippen LogP contribution is 2.46. The summed E-state index contributed by atoms with van der Waals surface area (Å²) >= 11 is 0. The van der Waals surface area contributed by atoms with Crippen LogP contribution in [0.25, 0.3) is 0 Å². The van der Waals surface area contributed by atoms with Crippen molar-refractivity contribution < 1.29 is 20.4 Å². The largest absolute Gasteiger partial charge is 0.507 e. The molecule has 0 fully saturated rings. The van der Waals surface area contributed by atoms with Crippen molar-refractivity contribution >= 4 is 0 Å². The van der Waals surface area contributed by atoms with Crippen molar-refractivity contribution in [3.63, 3.8) is 0 Å². The molecular formula is C37H60O4. The smallest absolute Gasteiger partial charge is 0.121 e. The van der Waals surface area contributed by atoms with Gasteiger partial charge in [0.15, 0.2) is 0 Å². The minimum atomic E-state index is -0.297. The Bertz CT molecular complexity index is 973. The summed E-state index contributed by atoms with van der Waals surface area (Å²) in [6.45, 7) is 20.9.